The Morgan fingerprint density at radius 2 is 1.83 bits per heavy atom. The number of aliphatic carboxylic acids is 2. The van der Waals surface area contributed by atoms with Crippen LogP contribution in [0.3, 0.4) is 0 Å². The lowest BCUT2D eigenvalue weighted by atomic mass is 9.97. The highest BCUT2D eigenvalue weighted by Crippen LogP contribution is 2.18. The quantitative estimate of drug-likeness (QED) is 0.477. The average molecular weight is 323 g/mol. The van der Waals surface area contributed by atoms with Crippen LogP contribution in [0, 0.1) is 23.2 Å². The zero-order chi connectivity index (χ0) is 17.6. The molecule has 1 aliphatic rings. The van der Waals surface area contributed by atoms with E-state index in [-0.39, 0.29) is 11.5 Å². The van der Waals surface area contributed by atoms with E-state index in [1.165, 1.54) is 6.20 Å². The number of carbonyl (C=O) groups excluding carboxylic acids is 1. The van der Waals surface area contributed by atoms with Crippen molar-refractivity contribution in [1.82, 2.24) is 10.2 Å². The van der Waals surface area contributed by atoms with Crippen LogP contribution in [0.25, 0.3) is 0 Å². The number of carboxylic acids is 2. The Kier molecular flexibility index (Phi) is 6.57. The molecule has 1 unspecified atom stereocenters. The Balaban J connectivity index is 2.72. The Morgan fingerprint density at radius 3 is 2.22 bits per heavy atom. The molecule has 0 spiro atoms. The van der Waals surface area contributed by atoms with E-state index < -0.39 is 29.8 Å². The summed E-state index contributed by atoms with van der Waals surface area (Å²) in [6, 6.07) is 0.692. The molecule has 0 radical (unpaired) electrons. The smallest absolute Gasteiger partial charge is 0.326 e. The van der Waals surface area contributed by atoms with Crippen LogP contribution in [0.1, 0.15) is 26.7 Å². The first-order chi connectivity index (χ1) is 10.8. The van der Waals surface area contributed by atoms with Crippen molar-refractivity contribution in [3.63, 3.8) is 0 Å². The number of hydrogen-bond acceptors (Lipinski definition) is 5. The van der Waals surface area contributed by atoms with E-state index in [1.807, 2.05) is 0 Å². The van der Waals surface area contributed by atoms with E-state index in [1.54, 1.807) is 24.8 Å². The molecule has 1 fully saturated rings. The Hall–Kier alpha value is -2.56. The summed E-state index contributed by atoms with van der Waals surface area (Å²) in [7, 11) is 0. The van der Waals surface area contributed by atoms with Gasteiger partial charge in [-0.3, -0.25) is 9.59 Å². The molecule has 0 saturated carbocycles. The molecule has 8 nitrogen and oxygen atoms in total. The number of carbonyl (C=O) groups is 3. The van der Waals surface area contributed by atoms with Crippen LogP contribution < -0.4 is 5.32 Å². The van der Waals surface area contributed by atoms with Crippen LogP contribution in [0.15, 0.2) is 11.8 Å². The van der Waals surface area contributed by atoms with Gasteiger partial charge >= 0.3 is 11.9 Å². The van der Waals surface area contributed by atoms with Crippen LogP contribution in [-0.2, 0) is 14.4 Å². The van der Waals surface area contributed by atoms with Crippen LogP contribution in [0.5, 0.6) is 0 Å². The molecule has 3 N–H and O–H groups in total. The zero-order valence-electron chi connectivity index (χ0n) is 13.2. The Morgan fingerprint density at radius 1 is 1.26 bits per heavy atom. The van der Waals surface area contributed by atoms with Crippen molar-refractivity contribution in [2.45, 2.75) is 32.7 Å². The van der Waals surface area contributed by atoms with Crippen LogP contribution in [-0.4, -0.2) is 52.1 Å². The largest absolute Gasteiger partial charge is 0.481 e. The second kappa shape index (κ2) is 8.17. The number of likely N-dealkylation sites (tertiary alicyclic amines) is 1. The number of nitriles is 1. The molecule has 1 amide bonds. The fraction of sp³-hybridized carbons (Fsp3) is 0.600. The van der Waals surface area contributed by atoms with Crippen molar-refractivity contribution in [3.8, 4) is 6.07 Å². The summed E-state index contributed by atoms with van der Waals surface area (Å²) < 4.78 is 0. The molecule has 1 saturated heterocycles. The van der Waals surface area contributed by atoms with Gasteiger partial charge in [-0.15, -0.1) is 0 Å². The number of carboxylic acid groups (broad SMARTS) is 2. The van der Waals surface area contributed by atoms with Gasteiger partial charge < -0.3 is 20.4 Å². The van der Waals surface area contributed by atoms with Gasteiger partial charge in [0, 0.05) is 19.3 Å². The number of hydrogen-bond donors (Lipinski definition) is 3. The van der Waals surface area contributed by atoms with Crippen molar-refractivity contribution in [1.29, 1.82) is 5.26 Å². The summed E-state index contributed by atoms with van der Waals surface area (Å²) in [5.41, 5.74) is -0.189. The minimum Gasteiger partial charge on any atom is -0.481 e. The number of nitrogens with zero attached hydrogens (tertiary/aromatic N) is 2. The minimum absolute atomic E-state index is 0.189. The van der Waals surface area contributed by atoms with Gasteiger partial charge in [0.1, 0.15) is 17.7 Å². The third-order valence-electron chi connectivity index (χ3n) is 3.77. The summed E-state index contributed by atoms with van der Waals surface area (Å²) in [6.45, 7) is 4.18. The first-order valence-electron chi connectivity index (χ1n) is 7.38. The lowest BCUT2D eigenvalue weighted by Gasteiger charge is -2.29. The fourth-order valence-electron chi connectivity index (χ4n) is 2.33. The summed E-state index contributed by atoms with van der Waals surface area (Å²) in [5.74, 6) is -3.46. The molecule has 23 heavy (non-hydrogen) atoms. The molecule has 126 valence electrons. The predicted molar refractivity (Wildman–Crippen MR) is 80.0 cm³/mol. The molecule has 1 aliphatic heterocycles. The molecular formula is C15H21N3O5. The van der Waals surface area contributed by atoms with Crippen molar-refractivity contribution < 1.29 is 24.6 Å². The highest BCUT2D eigenvalue weighted by atomic mass is 16.4. The summed E-state index contributed by atoms with van der Waals surface area (Å²) in [4.78, 5) is 35.7. The molecule has 0 bridgehead atoms. The van der Waals surface area contributed by atoms with Gasteiger partial charge in [0.15, 0.2) is 0 Å². The monoisotopic (exact) mass is 323 g/mol. The predicted octanol–water partition coefficient (Wildman–Crippen LogP) is 0.416. The summed E-state index contributed by atoms with van der Waals surface area (Å²) in [5, 5.41) is 29.4. The number of amides is 1. The van der Waals surface area contributed by atoms with Crippen molar-refractivity contribution in [2.75, 3.05) is 13.1 Å². The molecule has 0 aliphatic carbocycles. The molecule has 1 atom stereocenters. The molecule has 0 aromatic rings. The molecule has 8 heteroatoms. The van der Waals surface area contributed by atoms with E-state index in [9.17, 15) is 14.4 Å². The zero-order valence-corrected chi connectivity index (χ0v) is 13.2. The SMILES string of the molecule is CC(C)C(NC(=O)/C(C#N)=C\N1CCC(C(=O)O)CC1)C(=O)O. The fourth-order valence-corrected chi connectivity index (χ4v) is 2.33. The molecule has 0 aromatic carbocycles. The molecule has 0 aromatic heterocycles. The lowest BCUT2D eigenvalue weighted by Crippen LogP contribution is -2.45. The maximum Gasteiger partial charge on any atom is 0.326 e. The minimum atomic E-state index is -1.16. The van der Waals surface area contributed by atoms with Crippen LogP contribution in [0.4, 0.5) is 0 Å². The maximum atomic E-state index is 12.1. The standard InChI is InChI=1S/C15H21N3O5/c1-9(2)12(15(22)23)17-13(19)11(7-16)8-18-5-3-10(4-6-18)14(20)21/h8-10,12H,3-6H2,1-2H3,(H,17,19)(H,20,21)(H,22,23)/b11-8-. The third-order valence-corrected chi connectivity index (χ3v) is 3.77. The van der Waals surface area contributed by atoms with Gasteiger partial charge in [-0.1, -0.05) is 13.8 Å². The van der Waals surface area contributed by atoms with Crippen LogP contribution in [0.2, 0.25) is 0 Å². The van der Waals surface area contributed by atoms with E-state index in [0.29, 0.717) is 25.9 Å². The van der Waals surface area contributed by atoms with Gasteiger partial charge in [-0.05, 0) is 18.8 Å². The molecule has 1 heterocycles. The topological polar surface area (TPSA) is 131 Å². The summed E-state index contributed by atoms with van der Waals surface area (Å²) in [6.07, 6.45) is 2.25. The molecule has 1 rings (SSSR count). The first-order valence-corrected chi connectivity index (χ1v) is 7.38. The second-order valence-electron chi connectivity index (χ2n) is 5.84. The van der Waals surface area contributed by atoms with E-state index in [0.717, 1.165) is 0 Å². The van der Waals surface area contributed by atoms with E-state index >= 15 is 0 Å². The number of rotatable bonds is 6. The molecular weight excluding hydrogens is 302 g/mol. The highest BCUT2D eigenvalue weighted by Gasteiger charge is 2.27. The Labute approximate surface area is 134 Å². The van der Waals surface area contributed by atoms with Gasteiger partial charge in [-0.2, -0.15) is 5.26 Å². The van der Waals surface area contributed by atoms with Gasteiger partial charge in [0.05, 0.1) is 5.92 Å². The lowest BCUT2D eigenvalue weighted by molar-refractivity contribution is -0.143. The number of nitrogens with one attached hydrogen (secondary N) is 1. The normalized spacial score (nSPS) is 17.5. The van der Waals surface area contributed by atoms with Gasteiger partial charge in [0.2, 0.25) is 0 Å². The summed E-state index contributed by atoms with van der Waals surface area (Å²) >= 11 is 0. The van der Waals surface area contributed by atoms with E-state index in [4.69, 9.17) is 15.5 Å². The van der Waals surface area contributed by atoms with Crippen molar-refractivity contribution in [2.24, 2.45) is 11.8 Å². The van der Waals surface area contributed by atoms with Crippen LogP contribution >= 0.6 is 0 Å². The third kappa shape index (κ3) is 5.29. The van der Waals surface area contributed by atoms with Gasteiger partial charge in [-0.25, -0.2) is 4.79 Å². The Bertz CT molecular complexity index is 542. The second-order valence-corrected chi connectivity index (χ2v) is 5.84. The number of piperidine rings is 1. The van der Waals surface area contributed by atoms with Gasteiger partial charge in [0.25, 0.3) is 5.91 Å². The first kappa shape index (κ1) is 18.5. The van der Waals surface area contributed by atoms with Crippen molar-refractivity contribution >= 4 is 17.8 Å². The van der Waals surface area contributed by atoms with Crippen molar-refractivity contribution in [3.05, 3.63) is 11.8 Å². The highest BCUT2D eigenvalue weighted by molar-refractivity contribution is 5.99. The maximum absolute atomic E-state index is 12.1. The van der Waals surface area contributed by atoms with E-state index in [2.05, 4.69) is 5.32 Å². The average Bonchev–Trinajstić information content (AvgIpc) is 2.49.